The second-order valence-corrected chi connectivity index (χ2v) is 6.53. The number of rotatable bonds is 5. The number of anilines is 1. The number of carbonyl (C=O) groups is 1. The maximum absolute atomic E-state index is 12.3. The molecule has 2 heterocycles. The Morgan fingerprint density at radius 3 is 2.92 bits per heavy atom. The van der Waals surface area contributed by atoms with Crippen molar-refractivity contribution in [2.75, 3.05) is 18.5 Å². The average molecular weight is 339 g/mol. The van der Waals surface area contributed by atoms with E-state index in [1.165, 1.54) is 18.9 Å². The molecule has 1 amide bonds. The van der Waals surface area contributed by atoms with Gasteiger partial charge in [-0.1, -0.05) is 6.07 Å². The zero-order chi connectivity index (χ0) is 17.2. The summed E-state index contributed by atoms with van der Waals surface area (Å²) in [7, 11) is 0. The van der Waals surface area contributed by atoms with Gasteiger partial charge in [0.2, 0.25) is 5.91 Å². The van der Waals surface area contributed by atoms with Crippen molar-refractivity contribution in [3.8, 4) is 11.5 Å². The number of aryl methyl sites for hydroxylation is 1. The van der Waals surface area contributed by atoms with Crippen molar-refractivity contribution in [1.82, 2.24) is 9.78 Å². The SMILES string of the molecule is Cc1cnn(CC2CC2)c1NC(=O)/C=C/c1ccc2c(c1)OCCO2. The molecule has 6 heteroatoms. The van der Waals surface area contributed by atoms with E-state index in [0.717, 1.165) is 29.2 Å². The molecule has 0 spiro atoms. The molecule has 0 radical (unpaired) electrons. The van der Waals surface area contributed by atoms with Crippen LogP contribution in [0.3, 0.4) is 0 Å². The van der Waals surface area contributed by atoms with Crippen molar-refractivity contribution < 1.29 is 14.3 Å². The first-order valence-corrected chi connectivity index (χ1v) is 8.60. The zero-order valence-electron chi connectivity index (χ0n) is 14.2. The van der Waals surface area contributed by atoms with Gasteiger partial charge in [0.25, 0.3) is 0 Å². The molecule has 1 fully saturated rings. The zero-order valence-corrected chi connectivity index (χ0v) is 14.2. The van der Waals surface area contributed by atoms with Crippen molar-refractivity contribution in [2.45, 2.75) is 26.3 Å². The number of nitrogens with zero attached hydrogens (tertiary/aromatic N) is 2. The highest BCUT2D eigenvalue weighted by Crippen LogP contribution is 2.32. The van der Waals surface area contributed by atoms with Gasteiger partial charge in [0.15, 0.2) is 11.5 Å². The van der Waals surface area contributed by atoms with Gasteiger partial charge in [-0.2, -0.15) is 5.10 Å². The van der Waals surface area contributed by atoms with Crippen LogP contribution in [0.1, 0.15) is 24.0 Å². The molecule has 0 saturated heterocycles. The Labute approximate surface area is 146 Å². The molecule has 6 nitrogen and oxygen atoms in total. The van der Waals surface area contributed by atoms with Crippen molar-refractivity contribution in [1.29, 1.82) is 0 Å². The summed E-state index contributed by atoms with van der Waals surface area (Å²) in [6.45, 7) is 3.94. The number of carbonyl (C=O) groups excluding carboxylic acids is 1. The minimum Gasteiger partial charge on any atom is -0.486 e. The number of benzene rings is 1. The van der Waals surface area contributed by atoms with E-state index in [-0.39, 0.29) is 5.91 Å². The van der Waals surface area contributed by atoms with E-state index < -0.39 is 0 Å². The molecule has 2 aromatic rings. The maximum Gasteiger partial charge on any atom is 0.249 e. The van der Waals surface area contributed by atoms with Crippen LogP contribution in [-0.4, -0.2) is 28.9 Å². The number of ether oxygens (including phenoxy) is 2. The smallest absolute Gasteiger partial charge is 0.249 e. The Hall–Kier alpha value is -2.76. The molecule has 0 unspecified atom stereocenters. The van der Waals surface area contributed by atoms with Crippen LogP contribution in [0.4, 0.5) is 5.82 Å². The van der Waals surface area contributed by atoms with Gasteiger partial charge < -0.3 is 14.8 Å². The molecule has 2 aliphatic rings. The summed E-state index contributed by atoms with van der Waals surface area (Å²) in [6.07, 6.45) is 7.58. The minimum absolute atomic E-state index is 0.171. The molecule has 1 N–H and O–H groups in total. The van der Waals surface area contributed by atoms with Gasteiger partial charge in [-0.25, -0.2) is 4.68 Å². The third-order valence-electron chi connectivity index (χ3n) is 4.39. The van der Waals surface area contributed by atoms with E-state index in [4.69, 9.17) is 9.47 Å². The van der Waals surface area contributed by atoms with Gasteiger partial charge in [-0.3, -0.25) is 4.79 Å². The van der Waals surface area contributed by atoms with Crippen molar-refractivity contribution >= 4 is 17.8 Å². The third-order valence-corrected chi connectivity index (χ3v) is 4.39. The maximum atomic E-state index is 12.3. The summed E-state index contributed by atoms with van der Waals surface area (Å²) in [5.74, 6) is 2.77. The Bertz CT molecular complexity index is 821. The van der Waals surface area contributed by atoms with E-state index >= 15 is 0 Å². The van der Waals surface area contributed by atoms with Crippen LogP contribution in [-0.2, 0) is 11.3 Å². The largest absolute Gasteiger partial charge is 0.486 e. The third kappa shape index (κ3) is 3.68. The normalized spacial score (nSPS) is 16.2. The Morgan fingerprint density at radius 2 is 2.12 bits per heavy atom. The molecule has 1 aliphatic carbocycles. The Morgan fingerprint density at radius 1 is 1.32 bits per heavy atom. The predicted molar refractivity (Wildman–Crippen MR) is 94.8 cm³/mol. The topological polar surface area (TPSA) is 65.4 Å². The first-order valence-electron chi connectivity index (χ1n) is 8.60. The summed E-state index contributed by atoms with van der Waals surface area (Å²) < 4.78 is 13.0. The molecule has 1 aromatic carbocycles. The van der Waals surface area contributed by atoms with Gasteiger partial charge in [-0.15, -0.1) is 0 Å². The minimum atomic E-state index is -0.171. The first kappa shape index (κ1) is 15.7. The number of amides is 1. The van der Waals surface area contributed by atoms with Crippen LogP contribution in [0.2, 0.25) is 0 Å². The standard InChI is InChI=1S/C19H21N3O3/c1-13-11-20-22(12-15-2-3-15)19(13)21-18(23)7-5-14-4-6-16-17(10-14)25-9-8-24-16/h4-7,10-11,15H,2-3,8-9,12H2,1H3,(H,21,23)/b7-5+. The lowest BCUT2D eigenvalue weighted by Crippen LogP contribution is -2.15. The monoisotopic (exact) mass is 339 g/mol. The van der Waals surface area contributed by atoms with Crippen LogP contribution in [0.25, 0.3) is 6.08 Å². The molecule has 1 aromatic heterocycles. The van der Waals surface area contributed by atoms with Gasteiger partial charge in [0, 0.05) is 18.2 Å². The fourth-order valence-electron chi connectivity index (χ4n) is 2.82. The Kier molecular flexibility index (Phi) is 4.17. The van der Waals surface area contributed by atoms with Crippen molar-refractivity contribution in [3.05, 3.63) is 41.6 Å². The highest BCUT2D eigenvalue weighted by atomic mass is 16.6. The first-order chi connectivity index (χ1) is 12.2. The predicted octanol–water partition coefficient (Wildman–Crippen LogP) is 3.02. The molecule has 1 aliphatic heterocycles. The quantitative estimate of drug-likeness (QED) is 0.851. The number of fused-ring (bicyclic) bond motifs is 1. The summed E-state index contributed by atoms with van der Waals surface area (Å²) in [5.41, 5.74) is 1.87. The summed E-state index contributed by atoms with van der Waals surface area (Å²) in [4.78, 5) is 12.3. The number of hydrogen-bond donors (Lipinski definition) is 1. The molecule has 25 heavy (non-hydrogen) atoms. The second kappa shape index (κ2) is 6.63. The van der Waals surface area contributed by atoms with Crippen LogP contribution < -0.4 is 14.8 Å². The van der Waals surface area contributed by atoms with Gasteiger partial charge >= 0.3 is 0 Å². The van der Waals surface area contributed by atoms with Crippen LogP contribution in [0.15, 0.2) is 30.5 Å². The van der Waals surface area contributed by atoms with Crippen LogP contribution in [0, 0.1) is 12.8 Å². The average Bonchev–Trinajstić information content (AvgIpc) is 3.39. The summed E-state index contributed by atoms with van der Waals surface area (Å²) in [5, 5.41) is 7.31. The lowest BCUT2D eigenvalue weighted by molar-refractivity contribution is -0.111. The number of hydrogen-bond acceptors (Lipinski definition) is 4. The van der Waals surface area contributed by atoms with E-state index in [1.807, 2.05) is 29.8 Å². The van der Waals surface area contributed by atoms with E-state index in [9.17, 15) is 4.79 Å². The Balaban J connectivity index is 1.43. The lowest BCUT2D eigenvalue weighted by atomic mass is 10.2. The van der Waals surface area contributed by atoms with Gasteiger partial charge in [0.05, 0.1) is 6.20 Å². The molecule has 1 saturated carbocycles. The molecule has 0 atom stereocenters. The van der Waals surface area contributed by atoms with E-state index in [1.54, 1.807) is 12.3 Å². The van der Waals surface area contributed by atoms with Crippen LogP contribution in [0.5, 0.6) is 11.5 Å². The van der Waals surface area contributed by atoms with Crippen molar-refractivity contribution in [3.63, 3.8) is 0 Å². The fraction of sp³-hybridized carbons (Fsp3) is 0.368. The van der Waals surface area contributed by atoms with Gasteiger partial charge in [-0.05, 0) is 49.5 Å². The molecule has 130 valence electrons. The summed E-state index contributed by atoms with van der Waals surface area (Å²) in [6, 6.07) is 5.64. The number of nitrogens with one attached hydrogen (secondary N) is 1. The highest BCUT2D eigenvalue weighted by molar-refractivity contribution is 6.01. The number of aromatic nitrogens is 2. The van der Waals surface area contributed by atoms with E-state index in [2.05, 4.69) is 10.4 Å². The van der Waals surface area contributed by atoms with Crippen molar-refractivity contribution in [2.24, 2.45) is 5.92 Å². The molecule has 4 rings (SSSR count). The second-order valence-electron chi connectivity index (χ2n) is 6.53. The fourth-order valence-corrected chi connectivity index (χ4v) is 2.82. The van der Waals surface area contributed by atoms with E-state index in [0.29, 0.717) is 24.9 Å². The highest BCUT2D eigenvalue weighted by Gasteiger charge is 2.23. The van der Waals surface area contributed by atoms with Crippen LogP contribution >= 0.6 is 0 Å². The molecular weight excluding hydrogens is 318 g/mol. The lowest BCUT2D eigenvalue weighted by Gasteiger charge is -2.18. The summed E-state index contributed by atoms with van der Waals surface area (Å²) >= 11 is 0. The molecule has 0 bridgehead atoms. The van der Waals surface area contributed by atoms with Gasteiger partial charge in [0.1, 0.15) is 19.0 Å². The molecular formula is C19H21N3O3.